The average Bonchev–Trinajstić information content (AvgIpc) is 3.37. The molecule has 1 aliphatic heterocycles. The topological polar surface area (TPSA) is 125 Å². The van der Waals surface area contributed by atoms with Crippen molar-refractivity contribution in [2.75, 3.05) is 45.3 Å². The lowest BCUT2D eigenvalue weighted by Gasteiger charge is -2.26. The van der Waals surface area contributed by atoms with Gasteiger partial charge in [-0.1, -0.05) is 0 Å². The predicted octanol–water partition coefficient (Wildman–Crippen LogP) is 2.86. The second-order valence-electron chi connectivity index (χ2n) is 7.60. The van der Waals surface area contributed by atoms with E-state index < -0.39 is 5.91 Å². The summed E-state index contributed by atoms with van der Waals surface area (Å²) >= 11 is 1.30. The number of morpholine rings is 1. The molecule has 0 aliphatic carbocycles. The first-order valence-electron chi connectivity index (χ1n) is 10.9. The van der Waals surface area contributed by atoms with E-state index in [1.165, 1.54) is 29.7 Å². The van der Waals surface area contributed by atoms with E-state index >= 15 is 0 Å². The highest BCUT2D eigenvalue weighted by Crippen LogP contribution is 2.25. The van der Waals surface area contributed by atoms with Crippen molar-refractivity contribution in [3.8, 4) is 17.6 Å². The largest absolute Gasteiger partial charge is 0.472 e. The zero-order valence-corrected chi connectivity index (χ0v) is 20.1. The quantitative estimate of drug-likeness (QED) is 0.473. The lowest BCUT2D eigenvalue weighted by atomic mass is 10.2. The maximum absolute atomic E-state index is 12.8. The number of ether oxygens (including phenoxy) is 4. The molecular formula is C23H25N5O6S. The normalized spacial score (nSPS) is 14.3. The minimum Gasteiger partial charge on any atom is -0.472 e. The second-order valence-corrected chi connectivity index (χ2v) is 8.49. The van der Waals surface area contributed by atoms with E-state index in [-0.39, 0.29) is 35.2 Å². The van der Waals surface area contributed by atoms with Crippen molar-refractivity contribution in [1.29, 1.82) is 0 Å². The van der Waals surface area contributed by atoms with Crippen LogP contribution in [0.3, 0.4) is 0 Å². The molecule has 11 nitrogen and oxygen atoms in total. The van der Waals surface area contributed by atoms with Gasteiger partial charge in [-0.25, -0.2) is 9.97 Å². The summed E-state index contributed by atoms with van der Waals surface area (Å²) in [6, 6.07) is 6.20. The molecule has 1 saturated heterocycles. The Morgan fingerprint density at radius 1 is 1.14 bits per heavy atom. The summed E-state index contributed by atoms with van der Waals surface area (Å²) in [6.45, 7) is 4.29. The van der Waals surface area contributed by atoms with Crippen molar-refractivity contribution in [1.82, 2.24) is 19.9 Å². The van der Waals surface area contributed by atoms with E-state index in [4.69, 9.17) is 18.9 Å². The van der Waals surface area contributed by atoms with Gasteiger partial charge in [0.05, 0.1) is 30.9 Å². The molecule has 1 aliphatic rings. The summed E-state index contributed by atoms with van der Waals surface area (Å²) < 4.78 is 22.0. The summed E-state index contributed by atoms with van der Waals surface area (Å²) in [7, 11) is 1.57. The van der Waals surface area contributed by atoms with Gasteiger partial charge >= 0.3 is 0 Å². The van der Waals surface area contributed by atoms with Crippen molar-refractivity contribution >= 4 is 28.3 Å². The van der Waals surface area contributed by atoms with Crippen molar-refractivity contribution in [3.05, 3.63) is 53.2 Å². The van der Waals surface area contributed by atoms with Crippen LogP contribution in [0, 0.1) is 0 Å². The molecule has 0 aromatic carbocycles. The number of hydrogen-bond acceptors (Lipinski definition) is 10. The summed E-state index contributed by atoms with van der Waals surface area (Å²) in [5.74, 6) is 0.000945. The van der Waals surface area contributed by atoms with Gasteiger partial charge in [0.25, 0.3) is 11.8 Å². The molecule has 1 atom stereocenters. The number of carbonyl (C=O) groups is 2. The first kappa shape index (κ1) is 24.5. The lowest BCUT2D eigenvalue weighted by molar-refractivity contribution is 0.0302. The third-order valence-electron chi connectivity index (χ3n) is 4.91. The number of pyridine rings is 2. The number of nitrogens with one attached hydrogen (secondary N) is 1. The van der Waals surface area contributed by atoms with Crippen molar-refractivity contribution in [2.45, 2.75) is 13.0 Å². The van der Waals surface area contributed by atoms with Crippen LogP contribution in [0.15, 0.2) is 42.0 Å². The number of thiazole rings is 1. The summed E-state index contributed by atoms with van der Waals surface area (Å²) in [5.41, 5.74) is 0.713. The molecule has 0 unspecified atom stereocenters. The molecule has 0 spiro atoms. The SMILES string of the molecule is COC[C@@H](C)Oc1cc(C(=O)Nc2nccs2)cc(Oc2ccc(C(=O)N3CCOCC3)cn2)n1. The maximum atomic E-state index is 12.8. The lowest BCUT2D eigenvalue weighted by Crippen LogP contribution is -2.40. The number of amides is 2. The Balaban J connectivity index is 1.51. The van der Waals surface area contributed by atoms with E-state index in [2.05, 4.69) is 20.3 Å². The minimum absolute atomic E-state index is 0.108. The highest BCUT2D eigenvalue weighted by atomic mass is 32.1. The Hall–Kier alpha value is -3.61. The number of carbonyl (C=O) groups excluding carboxylic acids is 2. The second kappa shape index (κ2) is 11.7. The molecule has 2 amide bonds. The van der Waals surface area contributed by atoms with Crippen LogP contribution in [0.2, 0.25) is 0 Å². The van der Waals surface area contributed by atoms with Crippen molar-refractivity contribution in [2.24, 2.45) is 0 Å². The van der Waals surface area contributed by atoms with Crippen LogP contribution >= 0.6 is 11.3 Å². The number of rotatable bonds is 9. The van der Waals surface area contributed by atoms with Gasteiger partial charge in [0.2, 0.25) is 17.6 Å². The predicted molar refractivity (Wildman–Crippen MR) is 127 cm³/mol. The molecule has 3 aromatic heterocycles. The fraction of sp³-hybridized carbons (Fsp3) is 0.348. The Morgan fingerprint density at radius 3 is 2.63 bits per heavy atom. The van der Waals surface area contributed by atoms with Gasteiger partial charge in [-0.3, -0.25) is 14.9 Å². The standard InChI is InChI=1S/C23H25N5O6S/c1-15(14-31-2)33-19-11-17(21(29)27-23-24-5-10-35-23)12-20(26-19)34-18-4-3-16(13-25-18)22(30)28-6-8-32-9-7-28/h3-5,10-13,15H,6-9,14H2,1-2H3,(H,24,27,29)/t15-/m1/s1. The van der Waals surface area contributed by atoms with E-state index in [0.29, 0.717) is 43.6 Å². The van der Waals surface area contributed by atoms with Crippen LogP contribution in [0.25, 0.3) is 0 Å². The molecule has 1 N–H and O–H groups in total. The molecule has 184 valence electrons. The van der Waals surface area contributed by atoms with E-state index in [1.807, 2.05) is 6.92 Å². The number of anilines is 1. The van der Waals surface area contributed by atoms with Gasteiger partial charge in [-0.15, -0.1) is 11.3 Å². The molecule has 0 bridgehead atoms. The molecular weight excluding hydrogens is 474 g/mol. The fourth-order valence-electron chi connectivity index (χ4n) is 3.28. The Bertz CT molecular complexity index is 1140. The zero-order valence-electron chi connectivity index (χ0n) is 19.3. The minimum atomic E-state index is -0.393. The molecule has 12 heteroatoms. The number of nitrogens with zero attached hydrogens (tertiary/aromatic N) is 4. The van der Waals surface area contributed by atoms with Gasteiger partial charge in [-0.05, 0) is 13.0 Å². The Morgan fingerprint density at radius 2 is 1.94 bits per heavy atom. The number of hydrogen-bond donors (Lipinski definition) is 1. The van der Waals surface area contributed by atoms with Crippen LogP contribution < -0.4 is 14.8 Å². The van der Waals surface area contributed by atoms with Crippen LogP contribution in [0.5, 0.6) is 17.6 Å². The van der Waals surface area contributed by atoms with Gasteiger partial charge in [0, 0.05) is 56.2 Å². The summed E-state index contributed by atoms with van der Waals surface area (Å²) in [5, 5.41) is 4.95. The number of methoxy groups -OCH3 is 1. The first-order chi connectivity index (χ1) is 17.0. The van der Waals surface area contributed by atoms with Crippen LogP contribution in [0.4, 0.5) is 5.13 Å². The summed E-state index contributed by atoms with van der Waals surface area (Å²) in [4.78, 5) is 39.8. The molecule has 0 radical (unpaired) electrons. The zero-order chi connectivity index (χ0) is 24.6. The van der Waals surface area contributed by atoms with E-state index in [1.54, 1.807) is 35.7 Å². The Kier molecular flexibility index (Phi) is 8.19. The first-order valence-corrected chi connectivity index (χ1v) is 11.8. The van der Waals surface area contributed by atoms with E-state index in [9.17, 15) is 9.59 Å². The van der Waals surface area contributed by atoms with Crippen molar-refractivity contribution in [3.63, 3.8) is 0 Å². The third-order valence-corrected chi connectivity index (χ3v) is 5.60. The molecule has 0 saturated carbocycles. The smallest absolute Gasteiger partial charge is 0.257 e. The highest BCUT2D eigenvalue weighted by molar-refractivity contribution is 7.13. The molecule has 1 fully saturated rings. The fourth-order valence-corrected chi connectivity index (χ4v) is 3.80. The monoisotopic (exact) mass is 499 g/mol. The maximum Gasteiger partial charge on any atom is 0.257 e. The third kappa shape index (κ3) is 6.72. The molecule has 35 heavy (non-hydrogen) atoms. The number of aromatic nitrogens is 3. The van der Waals surface area contributed by atoms with Crippen LogP contribution in [0.1, 0.15) is 27.6 Å². The molecule has 4 rings (SSSR count). The van der Waals surface area contributed by atoms with Gasteiger partial charge in [0.15, 0.2) is 5.13 Å². The Labute approximate surface area is 206 Å². The molecule has 3 aromatic rings. The highest BCUT2D eigenvalue weighted by Gasteiger charge is 2.19. The van der Waals surface area contributed by atoms with Gasteiger partial charge in [0.1, 0.15) is 6.10 Å². The van der Waals surface area contributed by atoms with E-state index in [0.717, 1.165) is 0 Å². The van der Waals surface area contributed by atoms with Crippen LogP contribution in [-0.4, -0.2) is 77.8 Å². The molecule has 4 heterocycles. The average molecular weight is 500 g/mol. The van der Waals surface area contributed by atoms with Gasteiger partial charge in [-0.2, -0.15) is 4.98 Å². The summed E-state index contributed by atoms with van der Waals surface area (Å²) in [6.07, 6.45) is 2.74. The van der Waals surface area contributed by atoms with Gasteiger partial charge < -0.3 is 23.8 Å². The van der Waals surface area contributed by atoms with Crippen molar-refractivity contribution < 1.29 is 28.5 Å². The van der Waals surface area contributed by atoms with Crippen LogP contribution in [-0.2, 0) is 9.47 Å².